The minimum atomic E-state index is -0.0446. The van der Waals surface area contributed by atoms with Crippen LogP contribution >= 0.6 is 27.3 Å². The molecule has 1 heterocycles. The molecule has 2 N–H and O–H groups in total. The van der Waals surface area contributed by atoms with E-state index in [-0.39, 0.29) is 6.04 Å². The van der Waals surface area contributed by atoms with Crippen LogP contribution < -0.4 is 5.73 Å². The number of halogens is 1. The summed E-state index contributed by atoms with van der Waals surface area (Å²) < 4.78 is 1.10. The van der Waals surface area contributed by atoms with Gasteiger partial charge >= 0.3 is 0 Å². The Labute approximate surface area is 115 Å². The first-order chi connectivity index (χ1) is 8.09. The number of rotatable bonds is 3. The van der Waals surface area contributed by atoms with Gasteiger partial charge in [0.1, 0.15) is 0 Å². The number of benzene rings is 1. The van der Waals surface area contributed by atoms with Crippen molar-refractivity contribution in [2.75, 3.05) is 0 Å². The molecule has 1 aromatic heterocycles. The zero-order valence-corrected chi connectivity index (χ0v) is 12.4. The van der Waals surface area contributed by atoms with Gasteiger partial charge in [-0.25, -0.2) is 0 Å². The highest BCUT2D eigenvalue weighted by Gasteiger charge is 2.13. The lowest BCUT2D eigenvalue weighted by molar-refractivity contribution is 0.847. The van der Waals surface area contributed by atoms with Gasteiger partial charge in [0.15, 0.2) is 0 Å². The molecule has 0 spiro atoms. The van der Waals surface area contributed by atoms with E-state index >= 15 is 0 Å². The fourth-order valence-electron chi connectivity index (χ4n) is 1.78. The molecule has 2 rings (SSSR count). The van der Waals surface area contributed by atoms with Gasteiger partial charge in [0.2, 0.25) is 0 Å². The first-order valence-electron chi connectivity index (χ1n) is 5.66. The standard InChI is InChI=1S/C14H16BrNS/c1-9(2)10-3-5-11(6-4-10)14(16)12-7-17-8-13(12)15/h3-9,14H,16H2,1-2H3. The summed E-state index contributed by atoms with van der Waals surface area (Å²) in [5.74, 6) is 0.563. The molecule has 0 radical (unpaired) electrons. The zero-order chi connectivity index (χ0) is 12.4. The van der Waals surface area contributed by atoms with E-state index in [2.05, 4.69) is 64.8 Å². The Hall–Kier alpha value is -0.640. The summed E-state index contributed by atoms with van der Waals surface area (Å²) in [7, 11) is 0. The molecule has 1 atom stereocenters. The Morgan fingerprint density at radius 2 is 1.65 bits per heavy atom. The summed E-state index contributed by atoms with van der Waals surface area (Å²) in [6.45, 7) is 4.40. The van der Waals surface area contributed by atoms with Gasteiger partial charge in [-0.05, 0) is 43.9 Å². The Morgan fingerprint density at radius 1 is 1.06 bits per heavy atom. The molecule has 0 fully saturated rings. The van der Waals surface area contributed by atoms with E-state index in [4.69, 9.17) is 5.73 Å². The largest absolute Gasteiger partial charge is 0.320 e. The fourth-order valence-corrected chi connectivity index (χ4v) is 3.36. The molecule has 0 aliphatic rings. The maximum absolute atomic E-state index is 6.26. The van der Waals surface area contributed by atoms with E-state index in [1.54, 1.807) is 11.3 Å². The van der Waals surface area contributed by atoms with E-state index in [0.29, 0.717) is 5.92 Å². The highest BCUT2D eigenvalue weighted by molar-refractivity contribution is 9.10. The lowest BCUT2D eigenvalue weighted by Gasteiger charge is -2.13. The van der Waals surface area contributed by atoms with Crippen molar-refractivity contribution in [2.45, 2.75) is 25.8 Å². The molecule has 17 heavy (non-hydrogen) atoms. The number of hydrogen-bond donors (Lipinski definition) is 1. The molecule has 0 aliphatic carbocycles. The third-order valence-electron chi connectivity index (χ3n) is 2.94. The van der Waals surface area contributed by atoms with E-state index in [1.807, 2.05) is 0 Å². The molecule has 3 heteroatoms. The van der Waals surface area contributed by atoms with Crippen LogP contribution in [0, 0.1) is 0 Å². The third kappa shape index (κ3) is 2.79. The van der Waals surface area contributed by atoms with Gasteiger partial charge in [-0.3, -0.25) is 0 Å². The first kappa shape index (κ1) is 12.8. The molecule has 0 saturated carbocycles. The lowest BCUT2D eigenvalue weighted by Crippen LogP contribution is -2.11. The average molecular weight is 310 g/mol. The number of thiophene rings is 1. The van der Waals surface area contributed by atoms with Crippen LogP contribution in [0.1, 0.15) is 42.5 Å². The van der Waals surface area contributed by atoms with Gasteiger partial charge < -0.3 is 5.73 Å². The zero-order valence-electron chi connectivity index (χ0n) is 9.98. The van der Waals surface area contributed by atoms with Gasteiger partial charge in [-0.2, -0.15) is 11.3 Å². The summed E-state index contributed by atoms with van der Waals surface area (Å²) in [5.41, 5.74) is 9.94. The molecule has 1 unspecified atom stereocenters. The van der Waals surface area contributed by atoms with Gasteiger partial charge in [0, 0.05) is 9.85 Å². The summed E-state index contributed by atoms with van der Waals surface area (Å²) in [6.07, 6.45) is 0. The Bertz CT molecular complexity index is 487. The highest BCUT2D eigenvalue weighted by Crippen LogP contribution is 2.30. The molecular weight excluding hydrogens is 294 g/mol. The van der Waals surface area contributed by atoms with Crippen molar-refractivity contribution in [3.05, 3.63) is 56.2 Å². The Kier molecular flexibility index (Phi) is 4.02. The van der Waals surface area contributed by atoms with E-state index < -0.39 is 0 Å². The van der Waals surface area contributed by atoms with Crippen LogP contribution in [0.25, 0.3) is 0 Å². The molecule has 0 amide bonds. The summed E-state index contributed by atoms with van der Waals surface area (Å²) in [5, 5.41) is 4.17. The van der Waals surface area contributed by atoms with Crippen molar-refractivity contribution in [1.82, 2.24) is 0 Å². The number of hydrogen-bond acceptors (Lipinski definition) is 2. The van der Waals surface area contributed by atoms with Crippen LogP contribution in [0.3, 0.4) is 0 Å². The van der Waals surface area contributed by atoms with E-state index in [1.165, 1.54) is 5.56 Å². The SMILES string of the molecule is CC(C)c1ccc(C(N)c2cscc2Br)cc1. The van der Waals surface area contributed by atoms with Crippen LogP contribution in [-0.4, -0.2) is 0 Å². The summed E-state index contributed by atoms with van der Waals surface area (Å²) >= 11 is 5.20. The maximum atomic E-state index is 6.26. The molecule has 1 nitrogen and oxygen atoms in total. The first-order valence-corrected chi connectivity index (χ1v) is 7.40. The maximum Gasteiger partial charge on any atom is 0.0571 e. The fraction of sp³-hybridized carbons (Fsp3) is 0.286. The monoisotopic (exact) mass is 309 g/mol. The van der Waals surface area contributed by atoms with Crippen LogP contribution in [0.4, 0.5) is 0 Å². The highest BCUT2D eigenvalue weighted by atomic mass is 79.9. The van der Waals surface area contributed by atoms with Crippen molar-refractivity contribution >= 4 is 27.3 Å². The molecular formula is C14H16BrNS. The predicted octanol–water partition coefficient (Wildman–Crippen LogP) is 4.68. The lowest BCUT2D eigenvalue weighted by atomic mass is 9.97. The molecule has 1 aromatic carbocycles. The van der Waals surface area contributed by atoms with Gasteiger partial charge in [-0.15, -0.1) is 0 Å². The van der Waals surface area contributed by atoms with Crippen LogP contribution in [0.5, 0.6) is 0 Å². The third-order valence-corrected chi connectivity index (χ3v) is 4.69. The van der Waals surface area contributed by atoms with Gasteiger partial charge in [0.25, 0.3) is 0 Å². The van der Waals surface area contributed by atoms with Crippen molar-refractivity contribution in [1.29, 1.82) is 0 Å². The van der Waals surface area contributed by atoms with Crippen LogP contribution in [0.2, 0.25) is 0 Å². The molecule has 0 saturated heterocycles. The Balaban J connectivity index is 2.26. The second kappa shape index (κ2) is 5.34. The van der Waals surface area contributed by atoms with Crippen molar-refractivity contribution in [3.63, 3.8) is 0 Å². The molecule has 0 bridgehead atoms. The predicted molar refractivity (Wildman–Crippen MR) is 78.6 cm³/mol. The molecule has 2 aromatic rings. The second-order valence-electron chi connectivity index (χ2n) is 4.47. The van der Waals surface area contributed by atoms with Crippen LogP contribution in [0.15, 0.2) is 39.5 Å². The minimum absolute atomic E-state index is 0.0446. The van der Waals surface area contributed by atoms with E-state index in [0.717, 1.165) is 15.6 Å². The van der Waals surface area contributed by atoms with Gasteiger partial charge in [0.05, 0.1) is 6.04 Å². The quantitative estimate of drug-likeness (QED) is 0.875. The van der Waals surface area contributed by atoms with Gasteiger partial charge in [-0.1, -0.05) is 38.1 Å². The molecule has 0 aliphatic heterocycles. The minimum Gasteiger partial charge on any atom is -0.320 e. The summed E-state index contributed by atoms with van der Waals surface area (Å²) in [6, 6.07) is 8.55. The van der Waals surface area contributed by atoms with Crippen molar-refractivity contribution in [2.24, 2.45) is 5.73 Å². The molecule has 90 valence electrons. The van der Waals surface area contributed by atoms with E-state index in [9.17, 15) is 0 Å². The summed E-state index contributed by atoms with van der Waals surface area (Å²) in [4.78, 5) is 0. The van der Waals surface area contributed by atoms with Crippen molar-refractivity contribution < 1.29 is 0 Å². The van der Waals surface area contributed by atoms with Crippen molar-refractivity contribution in [3.8, 4) is 0 Å². The second-order valence-corrected chi connectivity index (χ2v) is 6.07. The smallest absolute Gasteiger partial charge is 0.0571 e. The normalized spacial score (nSPS) is 13.0. The topological polar surface area (TPSA) is 26.0 Å². The number of nitrogens with two attached hydrogens (primary N) is 1. The average Bonchev–Trinajstić information content (AvgIpc) is 2.74. The Morgan fingerprint density at radius 3 is 2.12 bits per heavy atom. The van der Waals surface area contributed by atoms with Crippen LogP contribution in [-0.2, 0) is 0 Å².